The van der Waals surface area contributed by atoms with Crippen LogP contribution in [0.25, 0.3) is 0 Å². The molecule has 1 aliphatic heterocycles. The van der Waals surface area contributed by atoms with Crippen LogP contribution in [-0.2, 0) is 17.1 Å². The molecule has 0 radical (unpaired) electrons. The Morgan fingerprint density at radius 1 is 1.32 bits per heavy atom. The average molecular weight is 537 g/mol. The molecular weight excluding hydrogens is 500 g/mol. The molecule has 0 bridgehead atoms. The summed E-state index contributed by atoms with van der Waals surface area (Å²) < 4.78 is 36.4. The molecule has 3 rings (SSSR count). The number of aromatic nitrogens is 2. The van der Waals surface area contributed by atoms with Crippen LogP contribution in [0, 0.1) is 5.92 Å². The number of ether oxygens (including phenoxy) is 1. The lowest BCUT2D eigenvalue weighted by atomic mass is 9.99. The number of likely N-dealkylation sites (N-methyl/N-ethyl adjacent to an activating group) is 1. The number of hydrogen-bond donors (Lipinski definition) is 3. The molecule has 0 spiro atoms. The van der Waals surface area contributed by atoms with Gasteiger partial charge in [-0.1, -0.05) is 13.0 Å². The number of nitrogens with one attached hydrogen (secondary N) is 2. The number of imidazole rings is 1. The number of fused-ring (bicyclic) bond motifs is 1. The van der Waals surface area contributed by atoms with Crippen LogP contribution >= 0.6 is 0 Å². The van der Waals surface area contributed by atoms with Crippen LogP contribution in [0.15, 0.2) is 35.7 Å². The Hall–Kier alpha value is -3.32. The van der Waals surface area contributed by atoms with Gasteiger partial charge in [0, 0.05) is 38.8 Å². The molecule has 2 heterocycles. The number of sulfonamides is 1. The van der Waals surface area contributed by atoms with Crippen molar-refractivity contribution in [1.82, 2.24) is 24.7 Å². The molecule has 3 N–H and O–H groups in total. The molecule has 0 unspecified atom stereocenters. The zero-order chi connectivity index (χ0) is 27.5. The third-order valence-corrected chi connectivity index (χ3v) is 7.35. The van der Waals surface area contributed by atoms with E-state index in [1.165, 1.54) is 28.1 Å². The number of aryl methyl sites for hydroxylation is 1. The quantitative estimate of drug-likeness (QED) is 0.463. The number of hydrogen-bond acceptors (Lipinski definition) is 7. The molecule has 3 amide bonds. The van der Waals surface area contributed by atoms with Crippen molar-refractivity contribution in [2.24, 2.45) is 13.0 Å². The van der Waals surface area contributed by atoms with E-state index in [0.717, 1.165) is 0 Å². The SMILES string of the molecule is CC(C)NC(=O)N(C)C[C@H]1Oc2c(NS(=O)(=O)c3cn(C)cn3)cccc2C(=O)N([C@H](C)CO)C[C@@H]1C. The maximum atomic E-state index is 13.6. The lowest BCUT2D eigenvalue weighted by Gasteiger charge is -2.38. The molecule has 1 aliphatic rings. The fourth-order valence-corrected chi connectivity index (χ4v) is 5.02. The van der Waals surface area contributed by atoms with E-state index in [4.69, 9.17) is 4.74 Å². The number of benzene rings is 1. The molecule has 1 aromatic heterocycles. The number of aliphatic hydroxyl groups is 1. The van der Waals surface area contributed by atoms with Crippen molar-refractivity contribution in [3.05, 3.63) is 36.3 Å². The van der Waals surface area contributed by atoms with E-state index >= 15 is 0 Å². The van der Waals surface area contributed by atoms with E-state index in [2.05, 4.69) is 15.0 Å². The summed E-state index contributed by atoms with van der Waals surface area (Å²) in [6.07, 6.45) is 2.14. The second-order valence-electron chi connectivity index (χ2n) is 9.77. The highest BCUT2D eigenvalue weighted by Gasteiger charge is 2.35. The maximum absolute atomic E-state index is 13.6. The van der Waals surface area contributed by atoms with Crippen LogP contribution in [0.4, 0.5) is 10.5 Å². The number of carbonyl (C=O) groups is 2. The minimum Gasteiger partial charge on any atom is -0.485 e. The average Bonchev–Trinajstić information content (AvgIpc) is 3.27. The summed E-state index contributed by atoms with van der Waals surface area (Å²) in [6.45, 7) is 7.53. The normalized spacial score (nSPS) is 18.9. The van der Waals surface area contributed by atoms with E-state index in [0.29, 0.717) is 0 Å². The van der Waals surface area contributed by atoms with Gasteiger partial charge in [-0.05, 0) is 32.9 Å². The number of carbonyl (C=O) groups excluding carboxylic acids is 2. The molecular formula is C24H36N6O6S. The Morgan fingerprint density at radius 2 is 2.03 bits per heavy atom. The number of amides is 3. The van der Waals surface area contributed by atoms with Crippen LogP contribution < -0.4 is 14.8 Å². The lowest BCUT2D eigenvalue weighted by Crippen LogP contribution is -2.51. The molecule has 0 saturated carbocycles. The maximum Gasteiger partial charge on any atom is 0.317 e. The number of aliphatic hydroxyl groups excluding tert-OH is 1. The van der Waals surface area contributed by atoms with Crippen molar-refractivity contribution in [2.45, 2.75) is 50.9 Å². The monoisotopic (exact) mass is 536 g/mol. The van der Waals surface area contributed by atoms with E-state index in [1.54, 1.807) is 38.1 Å². The van der Waals surface area contributed by atoms with Gasteiger partial charge in [0.15, 0.2) is 10.8 Å². The first kappa shape index (κ1) is 28.3. The Bertz CT molecular complexity index is 1230. The van der Waals surface area contributed by atoms with Crippen molar-refractivity contribution in [2.75, 3.05) is 31.5 Å². The summed E-state index contributed by atoms with van der Waals surface area (Å²) in [7, 11) is -0.787. The largest absolute Gasteiger partial charge is 0.485 e. The third kappa shape index (κ3) is 6.52. The van der Waals surface area contributed by atoms with E-state index < -0.39 is 28.1 Å². The van der Waals surface area contributed by atoms with Gasteiger partial charge in [0.1, 0.15) is 6.10 Å². The Labute approximate surface area is 217 Å². The molecule has 1 aromatic carbocycles. The molecule has 0 saturated heterocycles. The predicted octanol–water partition coefficient (Wildman–Crippen LogP) is 1.49. The summed E-state index contributed by atoms with van der Waals surface area (Å²) in [6, 6.07) is 3.78. The van der Waals surface area contributed by atoms with Crippen molar-refractivity contribution in [1.29, 1.82) is 0 Å². The molecule has 37 heavy (non-hydrogen) atoms. The van der Waals surface area contributed by atoms with Crippen LogP contribution in [0.1, 0.15) is 38.1 Å². The molecule has 13 heteroatoms. The van der Waals surface area contributed by atoms with Crippen LogP contribution in [0.2, 0.25) is 0 Å². The number of rotatable bonds is 8. The standard InChI is InChI=1S/C24H36N6O6S/c1-15(2)26-24(33)29(6)11-20-16(3)10-30(17(4)13-31)23(32)18-8-7-9-19(22(18)36-20)27-37(34,35)21-12-28(5)14-25-21/h7-9,12,14-17,20,27,31H,10-11,13H2,1-6H3,(H,26,33)/t16-,17+,20+/m0/s1. The van der Waals surface area contributed by atoms with Gasteiger partial charge < -0.3 is 29.5 Å². The Balaban J connectivity index is 2.05. The second-order valence-corrected chi connectivity index (χ2v) is 11.4. The van der Waals surface area contributed by atoms with Crippen LogP contribution in [0.5, 0.6) is 5.75 Å². The molecule has 3 atom stereocenters. The predicted molar refractivity (Wildman–Crippen MR) is 138 cm³/mol. The first-order valence-electron chi connectivity index (χ1n) is 12.1. The zero-order valence-corrected chi connectivity index (χ0v) is 22.8. The summed E-state index contributed by atoms with van der Waals surface area (Å²) in [5.74, 6) is -0.608. The number of urea groups is 1. The van der Waals surface area contributed by atoms with Gasteiger partial charge in [0.2, 0.25) is 0 Å². The summed E-state index contributed by atoms with van der Waals surface area (Å²) >= 11 is 0. The highest BCUT2D eigenvalue weighted by molar-refractivity contribution is 7.92. The lowest BCUT2D eigenvalue weighted by molar-refractivity contribution is 0.0369. The van der Waals surface area contributed by atoms with Gasteiger partial charge >= 0.3 is 6.03 Å². The van der Waals surface area contributed by atoms with Gasteiger partial charge in [0.25, 0.3) is 15.9 Å². The van der Waals surface area contributed by atoms with Gasteiger partial charge in [0.05, 0.1) is 36.8 Å². The highest BCUT2D eigenvalue weighted by atomic mass is 32.2. The molecule has 12 nitrogen and oxygen atoms in total. The first-order valence-corrected chi connectivity index (χ1v) is 13.6. The number of para-hydroxylation sites is 1. The van der Waals surface area contributed by atoms with Gasteiger partial charge in [-0.2, -0.15) is 8.42 Å². The fourth-order valence-electron chi connectivity index (χ4n) is 3.98. The number of anilines is 1. The van der Waals surface area contributed by atoms with Crippen LogP contribution in [-0.4, -0.2) is 89.7 Å². The minimum atomic E-state index is -4.08. The Morgan fingerprint density at radius 3 is 2.62 bits per heavy atom. The topological polar surface area (TPSA) is 146 Å². The molecule has 0 aliphatic carbocycles. The van der Waals surface area contributed by atoms with Gasteiger partial charge in [-0.3, -0.25) is 9.52 Å². The second kappa shape index (κ2) is 11.4. The van der Waals surface area contributed by atoms with E-state index in [9.17, 15) is 23.1 Å². The van der Waals surface area contributed by atoms with Gasteiger partial charge in [-0.25, -0.2) is 9.78 Å². The molecule has 204 valence electrons. The first-order chi connectivity index (χ1) is 17.3. The van der Waals surface area contributed by atoms with E-state index in [1.807, 2.05) is 20.8 Å². The summed E-state index contributed by atoms with van der Waals surface area (Å²) in [5, 5.41) is 12.5. The zero-order valence-electron chi connectivity index (χ0n) is 22.0. The smallest absolute Gasteiger partial charge is 0.317 e. The van der Waals surface area contributed by atoms with E-state index in [-0.39, 0.29) is 59.7 Å². The number of nitrogens with zero attached hydrogens (tertiary/aromatic N) is 4. The van der Waals surface area contributed by atoms with Crippen molar-refractivity contribution >= 4 is 27.6 Å². The highest BCUT2D eigenvalue weighted by Crippen LogP contribution is 2.36. The van der Waals surface area contributed by atoms with Crippen molar-refractivity contribution in [3.8, 4) is 5.75 Å². The van der Waals surface area contributed by atoms with Crippen molar-refractivity contribution in [3.63, 3.8) is 0 Å². The summed E-state index contributed by atoms with van der Waals surface area (Å²) in [5.41, 5.74) is 0.217. The third-order valence-electron chi connectivity index (χ3n) is 6.10. The molecule has 0 fully saturated rings. The minimum absolute atomic E-state index is 0.0522. The molecule has 2 aromatic rings. The fraction of sp³-hybridized carbons (Fsp3) is 0.542. The van der Waals surface area contributed by atoms with Crippen LogP contribution in [0.3, 0.4) is 0 Å². The summed E-state index contributed by atoms with van der Waals surface area (Å²) in [4.78, 5) is 33.1. The van der Waals surface area contributed by atoms with Crippen molar-refractivity contribution < 1.29 is 27.9 Å². The van der Waals surface area contributed by atoms with Gasteiger partial charge in [-0.15, -0.1) is 0 Å². The Kier molecular flexibility index (Phi) is 8.69.